The molecule has 1 rings (SSSR count). The summed E-state index contributed by atoms with van der Waals surface area (Å²) >= 11 is 0. The van der Waals surface area contributed by atoms with Gasteiger partial charge in [0.15, 0.2) is 0 Å². The Balaban J connectivity index is 2.74. The Morgan fingerprint density at radius 3 is 2.56 bits per heavy atom. The second-order valence-corrected chi connectivity index (χ2v) is 4.93. The van der Waals surface area contributed by atoms with Gasteiger partial charge in [-0.05, 0) is 18.9 Å². The average Bonchev–Trinajstić information content (AvgIpc) is 2.23. The van der Waals surface area contributed by atoms with Gasteiger partial charge >= 0.3 is 0 Å². The molecular formula is C15H25N. The summed E-state index contributed by atoms with van der Waals surface area (Å²) in [4.78, 5) is 0. The molecule has 0 heterocycles. The lowest BCUT2D eigenvalue weighted by molar-refractivity contribution is 0.440. The minimum absolute atomic E-state index is 0.514. The number of hydrogen-bond acceptors (Lipinski definition) is 1. The number of aryl methyl sites for hydroxylation is 1. The van der Waals surface area contributed by atoms with Crippen molar-refractivity contribution in [1.82, 2.24) is 5.32 Å². The maximum atomic E-state index is 3.66. The minimum Gasteiger partial charge on any atom is -0.308 e. The Kier molecular flexibility index (Phi) is 5.54. The summed E-state index contributed by atoms with van der Waals surface area (Å²) < 4.78 is 0. The fourth-order valence-electron chi connectivity index (χ4n) is 2.04. The van der Waals surface area contributed by atoms with E-state index in [1.807, 2.05) is 0 Å². The zero-order valence-electron chi connectivity index (χ0n) is 11.1. The molecule has 90 valence electrons. The van der Waals surface area contributed by atoms with Gasteiger partial charge in [0.1, 0.15) is 0 Å². The van der Waals surface area contributed by atoms with Crippen molar-refractivity contribution >= 4 is 0 Å². The molecule has 0 amide bonds. The third kappa shape index (κ3) is 4.36. The van der Waals surface area contributed by atoms with Gasteiger partial charge in [-0.1, -0.05) is 63.4 Å². The molecule has 0 saturated carbocycles. The fraction of sp³-hybridized carbons (Fsp3) is 0.600. The fourth-order valence-corrected chi connectivity index (χ4v) is 2.04. The highest BCUT2D eigenvalue weighted by atomic mass is 14.9. The molecule has 1 atom stereocenters. The number of benzene rings is 1. The molecule has 1 aromatic carbocycles. The number of rotatable bonds is 6. The molecule has 0 saturated heterocycles. The van der Waals surface area contributed by atoms with E-state index in [4.69, 9.17) is 0 Å². The quantitative estimate of drug-likeness (QED) is 0.755. The van der Waals surface area contributed by atoms with Crippen LogP contribution in [0, 0.1) is 6.92 Å². The van der Waals surface area contributed by atoms with Gasteiger partial charge in [0.05, 0.1) is 0 Å². The molecule has 0 aromatic heterocycles. The zero-order chi connectivity index (χ0) is 12.0. The summed E-state index contributed by atoms with van der Waals surface area (Å²) in [5.74, 6) is 0. The summed E-state index contributed by atoms with van der Waals surface area (Å²) in [7, 11) is 0. The van der Waals surface area contributed by atoms with Crippen molar-refractivity contribution in [2.45, 2.75) is 59.0 Å². The lowest BCUT2D eigenvalue weighted by atomic mass is 9.99. The average molecular weight is 219 g/mol. The second-order valence-electron chi connectivity index (χ2n) is 4.93. The van der Waals surface area contributed by atoms with Crippen LogP contribution in [-0.2, 0) is 0 Å². The monoisotopic (exact) mass is 219 g/mol. The largest absolute Gasteiger partial charge is 0.308 e. The van der Waals surface area contributed by atoms with E-state index >= 15 is 0 Å². The Bertz CT molecular complexity index is 304. The lowest BCUT2D eigenvalue weighted by Gasteiger charge is -2.22. The summed E-state index contributed by atoms with van der Waals surface area (Å²) in [6.07, 6.45) is 3.79. The predicted molar refractivity (Wildman–Crippen MR) is 71.7 cm³/mol. The topological polar surface area (TPSA) is 12.0 Å². The second kappa shape index (κ2) is 6.70. The predicted octanol–water partition coefficient (Wildman–Crippen LogP) is 4.22. The van der Waals surface area contributed by atoms with Crippen LogP contribution in [-0.4, -0.2) is 6.04 Å². The summed E-state index contributed by atoms with van der Waals surface area (Å²) in [6, 6.07) is 9.92. The van der Waals surface area contributed by atoms with Crippen molar-refractivity contribution in [3.63, 3.8) is 0 Å². The maximum Gasteiger partial charge on any atom is 0.0322 e. The van der Waals surface area contributed by atoms with Crippen molar-refractivity contribution in [1.29, 1.82) is 0 Å². The first-order valence-electron chi connectivity index (χ1n) is 6.46. The van der Waals surface area contributed by atoms with Crippen LogP contribution < -0.4 is 5.32 Å². The smallest absolute Gasteiger partial charge is 0.0322 e. The van der Waals surface area contributed by atoms with Gasteiger partial charge < -0.3 is 5.32 Å². The molecule has 0 aliphatic heterocycles. The normalized spacial score (nSPS) is 13.1. The molecule has 1 N–H and O–H groups in total. The van der Waals surface area contributed by atoms with Crippen LogP contribution in [0.15, 0.2) is 24.3 Å². The van der Waals surface area contributed by atoms with E-state index in [0.717, 1.165) is 0 Å². The van der Waals surface area contributed by atoms with E-state index in [0.29, 0.717) is 12.1 Å². The number of unbranched alkanes of at least 4 members (excludes halogenated alkanes) is 1. The molecule has 0 bridgehead atoms. The van der Waals surface area contributed by atoms with Crippen LogP contribution in [0.25, 0.3) is 0 Å². The molecular weight excluding hydrogens is 194 g/mol. The van der Waals surface area contributed by atoms with Crippen molar-refractivity contribution < 1.29 is 0 Å². The lowest BCUT2D eigenvalue weighted by Crippen LogP contribution is -2.28. The van der Waals surface area contributed by atoms with Crippen LogP contribution in [0.3, 0.4) is 0 Å². The van der Waals surface area contributed by atoms with Crippen molar-refractivity contribution in [2.24, 2.45) is 0 Å². The Morgan fingerprint density at radius 1 is 1.25 bits per heavy atom. The highest BCUT2D eigenvalue weighted by Gasteiger charge is 2.11. The molecule has 0 aliphatic rings. The Hall–Kier alpha value is -0.820. The molecule has 1 heteroatoms. The summed E-state index contributed by atoms with van der Waals surface area (Å²) in [5.41, 5.74) is 2.78. The molecule has 1 aromatic rings. The molecule has 0 radical (unpaired) electrons. The van der Waals surface area contributed by atoms with Crippen LogP contribution in [0.4, 0.5) is 0 Å². The summed E-state index contributed by atoms with van der Waals surface area (Å²) in [6.45, 7) is 8.85. The van der Waals surface area contributed by atoms with Gasteiger partial charge in [-0.15, -0.1) is 0 Å². The third-order valence-corrected chi connectivity index (χ3v) is 2.83. The van der Waals surface area contributed by atoms with Crippen molar-refractivity contribution in [3.05, 3.63) is 35.4 Å². The van der Waals surface area contributed by atoms with Gasteiger partial charge in [-0.25, -0.2) is 0 Å². The molecule has 0 spiro atoms. The number of hydrogen-bond donors (Lipinski definition) is 1. The standard InChI is InChI=1S/C15H25N/c1-5-6-10-15(16-12(2)3)14-9-7-8-13(4)11-14/h7-9,11-12,15-16H,5-6,10H2,1-4H3. The van der Waals surface area contributed by atoms with Gasteiger partial charge in [0.25, 0.3) is 0 Å². The van der Waals surface area contributed by atoms with Gasteiger partial charge in [-0.3, -0.25) is 0 Å². The van der Waals surface area contributed by atoms with Crippen LogP contribution in [0.2, 0.25) is 0 Å². The van der Waals surface area contributed by atoms with Crippen molar-refractivity contribution in [2.75, 3.05) is 0 Å². The van der Waals surface area contributed by atoms with E-state index in [9.17, 15) is 0 Å². The summed E-state index contributed by atoms with van der Waals surface area (Å²) in [5, 5.41) is 3.66. The Morgan fingerprint density at radius 2 is 2.00 bits per heavy atom. The van der Waals surface area contributed by atoms with Crippen molar-refractivity contribution in [3.8, 4) is 0 Å². The number of nitrogens with one attached hydrogen (secondary N) is 1. The van der Waals surface area contributed by atoms with Crippen LogP contribution >= 0.6 is 0 Å². The van der Waals surface area contributed by atoms with Gasteiger partial charge in [-0.2, -0.15) is 0 Å². The Labute approximate surface area is 100 Å². The molecule has 1 unspecified atom stereocenters. The SMILES string of the molecule is CCCCC(NC(C)C)c1cccc(C)c1. The highest BCUT2D eigenvalue weighted by Crippen LogP contribution is 2.20. The first-order valence-corrected chi connectivity index (χ1v) is 6.46. The van der Waals surface area contributed by atoms with E-state index < -0.39 is 0 Å². The van der Waals surface area contributed by atoms with E-state index in [2.05, 4.69) is 57.3 Å². The van der Waals surface area contributed by atoms with Gasteiger partial charge in [0.2, 0.25) is 0 Å². The zero-order valence-corrected chi connectivity index (χ0v) is 11.1. The van der Waals surface area contributed by atoms with Gasteiger partial charge in [0, 0.05) is 12.1 Å². The molecule has 0 aliphatic carbocycles. The first-order chi connectivity index (χ1) is 7.63. The highest BCUT2D eigenvalue weighted by molar-refractivity contribution is 5.25. The molecule has 16 heavy (non-hydrogen) atoms. The minimum atomic E-state index is 0.514. The molecule has 1 nitrogen and oxygen atoms in total. The van der Waals surface area contributed by atoms with Crippen LogP contribution in [0.1, 0.15) is 57.2 Å². The van der Waals surface area contributed by atoms with E-state index in [-0.39, 0.29) is 0 Å². The first kappa shape index (κ1) is 13.2. The van der Waals surface area contributed by atoms with E-state index in [1.54, 1.807) is 0 Å². The third-order valence-electron chi connectivity index (χ3n) is 2.83. The van der Waals surface area contributed by atoms with E-state index in [1.165, 1.54) is 30.4 Å². The maximum absolute atomic E-state index is 3.66. The van der Waals surface area contributed by atoms with Crippen LogP contribution in [0.5, 0.6) is 0 Å². The molecule has 0 fully saturated rings.